The van der Waals surface area contributed by atoms with Crippen molar-refractivity contribution in [3.63, 3.8) is 0 Å². The lowest BCUT2D eigenvalue weighted by Gasteiger charge is -2.20. The molecule has 1 aliphatic rings. The molecule has 1 N–H and O–H groups in total. The fourth-order valence-electron chi connectivity index (χ4n) is 3.57. The summed E-state index contributed by atoms with van der Waals surface area (Å²) in [7, 11) is 0. The number of amides is 2. The number of hydrogen-bond donors (Lipinski definition) is 1. The lowest BCUT2D eigenvalue weighted by Crippen LogP contribution is -2.32. The van der Waals surface area contributed by atoms with Crippen molar-refractivity contribution in [1.82, 2.24) is 14.7 Å². The minimum absolute atomic E-state index is 0.0174. The second-order valence-electron chi connectivity index (χ2n) is 7.19. The van der Waals surface area contributed by atoms with Crippen LogP contribution in [0.5, 0.6) is 0 Å². The molecule has 1 saturated heterocycles. The minimum atomic E-state index is -0.362. The Kier molecular flexibility index (Phi) is 4.81. The molecule has 1 atom stereocenters. The van der Waals surface area contributed by atoms with Crippen LogP contribution < -0.4 is 10.2 Å². The Morgan fingerprint density at radius 1 is 1.25 bits per heavy atom. The van der Waals surface area contributed by atoms with Crippen LogP contribution in [0.15, 0.2) is 42.7 Å². The maximum absolute atomic E-state index is 12.6. The molecule has 3 heterocycles. The topological polar surface area (TPSA) is 66.7 Å². The van der Waals surface area contributed by atoms with E-state index in [4.69, 9.17) is 11.6 Å². The summed E-state index contributed by atoms with van der Waals surface area (Å²) in [6, 6.07) is 9.49. The van der Waals surface area contributed by atoms with Gasteiger partial charge >= 0.3 is 0 Å². The summed E-state index contributed by atoms with van der Waals surface area (Å²) >= 11 is 5.99. The highest BCUT2D eigenvalue weighted by Gasteiger charge is 2.35. The van der Waals surface area contributed by atoms with Crippen LogP contribution in [-0.2, 0) is 16.1 Å². The Balaban J connectivity index is 1.42. The number of anilines is 1. The van der Waals surface area contributed by atoms with Crippen molar-refractivity contribution in [1.29, 1.82) is 0 Å². The summed E-state index contributed by atoms with van der Waals surface area (Å²) in [5, 5.41) is 3.53. The van der Waals surface area contributed by atoms with Gasteiger partial charge in [-0.3, -0.25) is 9.59 Å². The monoisotopic (exact) mass is 396 g/mol. The lowest BCUT2D eigenvalue weighted by atomic mass is 10.1. The molecule has 2 amide bonds. The molecule has 144 valence electrons. The fourth-order valence-corrected chi connectivity index (χ4v) is 3.74. The maximum atomic E-state index is 12.6. The molecule has 0 aliphatic carbocycles. The number of rotatable bonds is 4. The number of aryl methyl sites for hydroxylation is 1. The summed E-state index contributed by atoms with van der Waals surface area (Å²) in [5.74, 6) is -0.508. The van der Waals surface area contributed by atoms with Crippen LogP contribution in [-0.4, -0.2) is 27.7 Å². The fraction of sp³-hybridized carbons (Fsp3) is 0.286. The van der Waals surface area contributed by atoms with E-state index in [0.717, 1.165) is 28.2 Å². The van der Waals surface area contributed by atoms with Crippen molar-refractivity contribution in [3.8, 4) is 0 Å². The van der Waals surface area contributed by atoms with Gasteiger partial charge in [0, 0.05) is 31.0 Å². The number of nitrogens with one attached hydrogen (secondary N) is 1. The molecule has 0 unspecified atom stereocenters. The number of aromatic nitrogens is 2. The third-order valence-electron chi connectivity index (χ3n) is 5.27. The summed E-state index contributed by atoms with van der Waals surface area (Å²) < 4.78 is 1.82. The predicted molar refractivity (Wildman–Crippen MR) is 108 cm³/mol. The summed E-state index contributed by atoms with van der Waals surface area (Å²) in [6.45, 7) is 4.73. The van der Waals surface area contributed by atoms with Crippen molar-refractivity contribution in [3.05, 3.63) is 64.6 Å². The SMILES string of the molecule is Cc1cccc(N2C[C@H](C(=O)NCc3cn4cc(Cl)ccc4n3)CC2=O)c1C. The van der Waals surface area contributed by atoms with E-state index in [9.17, 15) is 9.59 Å². The van der Waals surface area contributed by atoms with Gasteiger partial charge < -0.3 is 14.6 Å². The number of fused-ring (bicyclic) bond motifs is 1. The largest absolute Gasteiger partial charge is 0.350 e. The van der Waals surface area contributed by atoms with Gasteiger partial charge in [0.25, 0.3) is 0 Å². The predicted octanol–water partition coefficient (Wildman–Crippen LogP) is 3.27. The van der Waals surface area contributed by atoms with E-state index < -0.39 is 0 Å². The Labute approximate surface area is 168 Å². The van der Waals surface area contributed by atoms with Gasteiger partial charge in [-0.05, 0) is 43.2 Å². The van der Waals surface area contributed by atoms with Crippen molar-refractivity contribution < 1.29 is 9.59 Å². The molecule has 3 aromatic rings. The van der Waals surface area contributed by atoms with Gasteiger partial charge in [-0.2, -0.15) is 0 Å². The van der Waals surface area contributed by atoms with Crippen molar-refractivity contribution in [2.75, 3.05) is 11.4 Å². The number of halogens is 1. The van der Waals surface area contributed by atoms with Crippen LogP contribution in [0, 0.1) is 19.8 Å². The second kappa shape index (κ2) is 7.28. The Morgan fingerprint density at radius 2 is 2.07 bits per heavy atom. The van der Waals surface area contributed by atoms with Gasteiger partial charge in [-0.25, -0.2) is 4.98 Å². The number of nitrogens with zero attached hydrogens (tertiary/aromatic N) is 3. The lowest BCUT2D eigenvalue weighted by molar-refractivity contribution is -0.126. The maximum Gasteiger partial charge on any atom is 0.227 e. The third-order valence-corrected chi connectivity index (χ3v) is 5.49. The van der Waals surface area contributed by atoms with E-state index in [1.165, 1.54) is 0 Å². The molecular weight excluding hydrogens is 376 g/mol. The van der Waals surface area contributed by atoms with Crippen LogP contribution in [0.25, 0.3) is 5.65 Å². The summed E-state index contributed by atoms with van der Waals surface area (Å²) in [4.78, 5) is 31.3. The minimum Gasteiger partial charge on any atom is -0.350 e. The number of carbonyl (C=O) groups excluding carboxylic acids is 2. The van der Waals surface area contributed by atoms with Crippen LogP contribution >= 0.6 is 11.6 Å². The second-order valence-corrected chi connectivity index (χ2v) is 7.62. The number of carbonyl (C=O) groups is 2. The standard InChI is InChI=1S/C21H21ClN4O2/c1-13-4-3-5-18(14(13)2)26-10-15(8-20(26)27)21(28)23-9-17-12-25-11-16(22)6-7-19(25)24-17/h3-7,11-12,15H,8-10H2,1-2H3,(H,23,28)/t15-/m1/s1. The first-order valence-electron chi connectivity index (χ1n) is 9.20. The van der Waals surface area contributed by atoms with E-state index in [-0.39, 0.29) is 24.2 Å². The highest BCUT2D eigenvalue weighted by molar-refractivity contribution is 6.30. The number of imidazole rings is 1. The summed E-state index contributed by atoms with van der Waals surface area (Å²) in [6.07, 6.45) is 3.83. The molecule has 0 bridgehead atoms. The van der Waals surface area contributed by atoms with Crippen LogP contribution in [0.2, 0.25) is 5.02 Å². The normalized spacial score (nSPS) is 16.8. The van der Waals surface area contributed by atoms with Crippen LogP contribution in [0.1, 0.15) is 23.2 Å². The van der Waals surface area contributed by atoms with Crippen molar-refractivity contribution in [2.45, 2.75) is 26.8 Å². The van der Waals surface area contributed by atoms with E-state index >= 15 is 0 Å². The Morgan fingerprint density at radius 3 is 2.89 bits per heavy atom. The molecule has 1 aromatic carbocycles. The molecule has 1 aliphatic heterocycles. The average Bonchev–Trinajstić information content (AvgIpc) is 3.25. The highest BCUT2D eigenvalue weighted by Crippen LogP contribution is 2.29. The number of benzene rings is 1. The first-order chi connectivity index (χ1) is 13.4. The molecule has 0 spiro atoms. The van der Waals surface area contributed by atoms with Crippen LogP contribution in [0.3, 0.4) is 0 Å². The Hall–Kier alpha value is -2.86. The van der Waals surface area contributed by atoms with E-state index in [1.807, 2.05) is 48.7 Å². The molecule has 7 heteroatoms. The molecule has 2 aromatic heterocycles. The molecule has 4 rings (SSSR count). The molecule has 28 heavy (non-hydrogen) atoms. The van der Waals surface area contributed by atoms with Gasteiger partial charge in [0.1, 0.15) is 5.65 Å². The van der Waals surface area contributed by atoms with Gasteiger partial charge in [0.15, 0.2) is 0 Å². The van der Waals surface area contributed by atoms with Crippen LogP contribution in [0.4, 0.5) is 5.69 Å². The van der Waals surface area contributed by atoms with Gasteiger partial charge in [0.05, 0.1) is 23.2 Å². The smallest absolute Gasteiger partial charge is 0.227 e. The first-order valence-corrected chi connectivity index (χ1v) is 9.57. The van der Waals surface area contributed by atoms with E-state index in [1.54, 1.807) is 17.2 Å². The molecular formula is C21H21ClN4O2. The van der Waals surface area contributed by atoms with E-state index in [0.29, 0.717) is 18.1 Å². The van der Waals surface area contributed by atoms with Crippen molar-refractivity contribution in [2.24, 2.45) is 5.92 Å². The quantitative estimate of drug-likeness (QED) is 0.736. The molecule has 0 saturated carbocycles. The zero-order chi connectivity index (χ0) is 19.8. The average molecular weight is 397 g/mol. The zero-order valence-corrected chi connectivity index (χ0v) is 16.5. The first kappa shape index (κ1) is 18.5. The zero-order valence-electron chi connectivity index (χ0n) is 15.8. The third kappa shape index (κ3) is 3.47. The Bertz CT molecular complexity index is 1080. The molecule has 6 nitrogen and oxygen atoms in total. The van der Waals surface area contributed by atoms with E-state index in [2.05, 4.69) is 10.3 Å². The highest BCUT2D eigenvalue weighted by atomic mass is 35.5. The molecule has 0 radical (unpaired) electrons. The van der Waals surface area contributed by atoms with Crippen molar-refractivity contribution >= 4 is 34.7 Å². The van der Waals surface area contributed by atoms with Gasteiger partial charge in [-0.1, -0.05) is 23.7 Å². The molecule has 1 fully saturated rings. The number of hydrogen-bond acceptors (Lipinski definition) is 3. The number of pyridine rings is 1. The van der Waals surface area contributed by atoms with Gasteiger partial charge in [0.2, 0.25) is 11.8 Å². The summed E-state index contributed by atoms with van der Waals surface area (Å²) in [5.41, 5.74) is 4.60. The van der Waals surface area contributed by atoms with Gasteiger partial charge in [-0.15, -0.1) is 0 Å².